The molecule has 0 spiro atoms. The van der Waals surface area contributed by atoms with Gasteiger partial charge in [0, 0.05) is 0 Å². The Bertz CT molecular complexity index is 257. The third-order valence-corrected chi connectivity index (χ3v) is 3.50. The molecule has 0 heterocycles. The van der Waals surface area contributed by atoms with Crippen molar-refractivity contribution in [2.45, 2.75) is 59.3 Å². The molecule has 0 bridgehead atoms. The lowest BCUT2D eigenvalue weighted by Crippen LogP contribution is -2.22. The van der Waals surface area contributed by atoms with Gasteiger partial charge in [-0.15, -0.1) is 0 Å². The van der Waals surface area contributed by atoms with E-state index < -0.39 is 0 Å². The van der Waals surface area contributed by atoms with E-state index in [1.807, 2.05) is 0 Å². The standard InChI is InChI=1S/C13H21N/c1-11(2)12(3)9-13(10-14)7-5-4-6-8-13/h4-9H2,1-3H3. The minimum atomic E-state index is -0.0282. The Morgan fingerprint density at radius 3 is 2.14 bits per heavy atom. The van der Waals surface area contributed by atoms with Gasteiger partial charge in [-0.25, -0.2) is 0 Å². The van der Waals surface area contributed by atoms with Crippen molar-refractivity contribution in [2.24, 2.45) is 5.41 Å². The molecule has 1 heteroatoms. The smallest absolute Gasteiger partial charge is 0.0693 e. The van der Waals surface area contributed by atoms with E-state index in [4.69, 9.17) is 0 Å². The predicted octanol–water partition coefficient (Wildman–Crippen LogP) is 4.21. The van der Waals surface area contributed by atoms with E-state index in [-0.39, 0.29) is 5.41 Å². The summed E-state index contributed by atoms with van der Waals surface area (Å²) in [5.41, 5.74) is 2.76. The molecule has 1 rings (SSSR count). The summed E-state index contributed by atoms with van der Waals surface area (Å²) >= 11 is 0. The maximum absolute atomic E-state index is 9.30. The van der Waals surface area contributed by atoms with Gasteiger partial charge in [0.15, 0.2) is 0 Å². The molecule has 0 unspecified atom stereocenters. The van der Waals surface area contributed by atoms with Gasteiger partial charge in [0.25, 0.3) is 0 Å². The summed E-state index contributed by atoms with van der Waals surface area (Å²) in [5.74, 6) is 0. The highest BCUT2D eigenvalue weighted by Gasteiger charge is 2.32. The molecule has 0 aliphatic heterocycles. The lowest BCUT2D eigenvalue weighted by Gasteiger charge is -2.31. The summed E-state index contributed by atoms with van der Waals surface area (Å²) in [6, 6.07) is 2.57. The van der Waals surface area contributed by atoms with Gasteiger partial charge in [-0.3, -0.25) is 0 Å². The van der Waals surface area contributed by atoms with E-state index in [0.717, 1.165) is 19.3 Å². The van der Waals surface area contributed by atoms with Gasteiger partial charge in [-0.1, -0.05) is 30.4 Å². The Balaban J connectivity index is 2.72. The molecule has 0 atom stereocenters. The second kappa shape index (κ2) is 4.64. The van der Waals surface area contributed by atoms with E-state index in [1.54, 1.807) is 0 Å². The first kappa shape index (κ1) is 11.3. The van der Waals surface area contributed by atoms with Crippen LogP contribution in [0.25, 0.3) is 0 Å². The molecule has 1 saturated carbocycles. The molecular formula is C13H21N. The summed E-state index contributed by atoms with van der Waals surface area (Å²) < 4.78 is 0. The maximum Gasteiger partial charge on any atom is 0.0693 e. The van der Waals surface area contributed by atoms with Crippen LogP contribution in [0.1, 0.15) is 59.3 Å². The van der Waals surface area contributed by atoms with Crippen molar-refractivity contribution in [1.82, 2.24) is 0 Å². The monoisotopic (exact) mass is 191 g/mol. The molecule has 0 aromatic carbocycles. The topological polar surface area (TPSA) is 23.8 Å². The highest BCUT2D eigenvalue weighted by atomic mass is 14.4. The molecule has 14 heavy (non-hydrogen) atoms. The van der Waals surface area contributed by atoms with Crippen molar-refractivity contribution in [2.75, 3.05) is 0 Å². The first-order valence-corrected chi connectivity index (χ1v) is 5.64. The van der Waals surface area contributed by atoms with Crippen LogP contribution in [0.15, 0.2) is 11.1 Å². The van der Waals surface area contributed by atoms with Gasteiger partial charge in [-0.05, 0) is 40.0 Å². The first-order chi connectivity index (χ1) is 6.59. The molecule has 0 saturated heterocycles. The molecule has 0 aromatic heterocycles. The minimum Gasteiger partial charge on any atom is -0.198 e. The SMILES string of the molecule is CC(C)=C(C)CC1(C#N)CCCCC1. The van der Waals surface area contributed by atoms with E-state index in [2.05, 4.69) is 26.8 Å². The second-order valence-electron chi connectivity index (χ2n) is 4.91. The van der Waals surface area contributed by atoms with E-state index >= 15 is 0 Å². The number of nitrogens with zero attached hydrogens (tertiary/aromatic N) is 1. The summed E-state index contributed by atoms with van der Waals surface area (Å²) in [6.45, 7) is 6.45. The summed E-state index contributed by atoms with van der Waals surface area (Å²) in [6.07, 6.45) is 7.00. The van der Waals surface area contributed by atoms with Crippen LogP contribution in [-0.4, -0.2) is 0 Å². The van der Waals surface area contributed by atoms with Crippen LogP contribution in [0.5, 0.6) is 0 Å². The van der Waals surface area contributed by atoms with Gasteiger partial charge in [-0.2, -0.15) is 5.26 Å². The summed E-state index contributed by atoms with van der Waals surface area (Å²) in [4.78, 5) is 0. The highest BCUT2D eigenvalue weighted by Crippen LogP contribution is 2.41. The first-order valence-electron chi connectivity index (χ1n) is 5.64. The van der Waals surface area contributed by atoms with Gasteiger partial charge in [0.05, 0.1) is 11.5 Å². The van der Waals surface area contributed by atoms with E-state index in [1.165, 1.54) is 30.4 Å². The Morgan fingerprint density at radius 1 is 1.14 bits per heavy atom. The van der Waals surface area contributed by atoms with Crippen LogP contribution >= 0.6 is 0 Å². The fourth-order valence-corrected chi connectivity index (χ4v) is 2.24. The van der Waals surface area contributed by atoms with Crippen molar-refractivity contribution in [3.63, 3.8) is 0 Å². The van der Waals surface area contributed by atoms with Gasteiger partial charge >= 0.3 is 0 Å². The Kier molecular flexibility index (Phi) is 3.75. The average molecular weight is 191 g/mol. The highest BCUT2D eigenvalue weighted by molar-refractivity contribution is 5.14. The summed E-state index contributed by atoms with van der Waals surface area (Å²) in [5, 5.41) is 9.30. The fourth-order valence-electron chi connectivity index (χ4n) is 2.24. The van der Waals surface area contributed by atoms with Crippen LogP contribution in [0, 0.1) is 16.7 Å². The number of allylic oxidation sites excluding steroid dienone is 2. The Labute approximate surface area is 87.8 Å². The molecule has 0 radical (unpaired) electrons. The quantitative estimate of drug-likeness (QED) is 0.600. The van der Waals surface area contributed by atoms with Crippen molar-refractivity contribution in [3.8, 4) is 6.07 Å². The molecule has 1 nitrogen and oxygen atoms in total. The van der Waals surface area contributed by atoms with E-state index in [0.29, 0.717) is 0 Å². The van der Waals surface area contributed by atoms with Crippen molar-refractivity contribution < 1.29 is 0 Å². The van der Waals surface area contributed by atoms with Gasteiger partial charge in [0.2, 0.25) is 0 Å². The number of nitriles is 1. The fraction of sp³-hybridized carbons (Fsp3) is 0.769. The number of hydrogen-bond acceptors (Lipinski definition) is 1. The van der Waals surface area contributed by atoms with Crippen LogP contribution < -0.4 is 0 Å². The maximum atomic E-state index is 9.30. The minimum absolute atomic E-state index is 0.0282. The van der Waals surface area contributed by atoms with Crippen LogP contribution in [0.3, 0.4) is 0 Å². The normalized spacial score (nSPS) is 19.9. The molecule has 1 aliphatic rings. The van der Waals surface area contributed by atoms with Crippen molar-refractivity contribution in [3.05, 3.63) is 11.1 Å². The summed E-state index contributed by atoms with van der Waals surface area (Å²) in [7, 11) is 0. The zero-order valence-electron chi connectivity index (χ0n) is 9.69. The predicted molar refractivity (Wildman–Crippen MR) is 59.8 cm³/mol. The molecule has 1 fully saturated rings. The molecule has 0 amide bonds. The second-order valence-corrected chi connectivity index (χ2v) is 4.91. The molecule has 0 aromatic rings. The van der Waals surface area contributed by atoms with Crippen LogP contribution in [0.2, 0.25) is 0 Å². The Morgan fingerprint density at radius 2 is 1.71 bits per heavy atom. The third-order valence-electron chi connectivity index (χ3n) is 3.50. The number of hydrogen-bond donors (Lipinski definition) is 0. The lowest BCUT2D eigenvalue weighted by atomic mass is 9.71. The zero-order chi connectivity index (χ0) is 10.6. The van der Waals surface area contributed by atoms with E-state index in [9.17, 15) is 5.26 Å². The average Bonchev–Trinajstić information content (AvgIpc) is 2.19. The number of rotatable bonds is 2. The van der Waals surface area contributed by atoms with Crippen molar-refractivity contribution in [1.29, 1.82) is 5.26 Å². The molecular weight excluding hydrogens is 170 g/mol. The zero-order valence-corrected chi connectivity index (χ0v) is 9.69. The Hall–Kier alpha value is -0.770. The van der Waals surface area contributed by atoms with Gasteiger partial charge < -0.3 is 0 Å². The molecule has 0 N–H and O–H groups in total. The van der Waals surface area contributed by atoms with Crippen LogP contribution in [0.4, 0.5) is 0 Å². The molecule has 78 valence electrons. The van der Waals surface area contributed by atoms with Crippen LogP contribution in [-0.2, 0) is 0 Å². The third kappa shape index (κ3) is 2.61. The molecule has 1 aliphatic carbocycles. The van der Waals surface area contributed by atoms with Crippen molar-refractivity contribution >= 4 is 0 Å². The largest absolute Gasteiger partial charge is 0.198 e. The van der Waals surface area contributed by atoms with Gasteiger partial charge in [0.1, 0.15) is 0 Å². The lowest BCUT2D eigenvalue weighted by molar-refractivity contribution is 0.265.